The summed E-state index contributed by atoms with van der Waals surface area (Å²) in [4.78, 5) is 26.5. The first-order chi connectivity index (χ1) is 9.56. The molecule has 2 heterocycles. The third kappa shape index (κ3) is 4.68. The first kappa shape index (κ1) is 16.2. The van der Waals surface area contributed by atoms with Crippen molar-refractivity contribution >= 4 is 66.2 Å². The predicted octanol–water partition coefficient (Wildman–Crippen LogP) is 2.27. The van der Waals surface area contributed by atoms with Gasteiger partial charge in [0.25, 0.3) is 0 Å². The van der Waals surface area contributed by atoms with E-state index in [1.807, 2.05) is 0 Å². The van der Waals surface area contributed by atoms with E-state index in [0.717, 1.165) is 34.8 Å². The van der Waals surface area contributed by atoms with Gasteiger partial charge in [0.05, 0.1) is 0 Å². The van der Waals surface area contributed by atoms with Crippen molar-refractivity contribution in [3.05, 3.63) is 0 Å². The van der Waals surface area contributed by atoms with Gasteiger partial charge in [-0.3, -0.25) is 9.59 Å². The standard InChI is InChI=1S/C12H16N2O2S4/c15-9-1-5-13(6-2-9)11(17)19-20-12(18)14-7-3-10(16)4-8-14/h1-8H2. The maximum absolute atomic E-state index is 11.2. The van der Waals surface area contributed by atoms with Gasteiger partial charge in [-0.05, 0) is 21.6 Å². The van der Waals surface area contributed by atoms with E-state index in [1.165, 1.54) is 21.6 Å². The number of Topliss-reactive ketones (excluding diaryl/α,β-unsaturated/α-hetero) is 2. The van der Waals surface area contributed by atoms with Gasteiger partial charge in [-0.15, -0.1) is 0 Å². The zero-order valence-electron chi connectivity index (χ0n) is 11.0. The summed E-state index contributed by atoms with van der Waals surface area (Å²) in [6.45, 7) is 2.87. The number of thiocarbonyl (C=S) groups is 2. The van der Waals surface area contributed by atoms with E-state index >= 15 is 0 Å². The van der Waals surface area contributed by atoms with Crippen molar-refractivity contribution in [1.29, 1.82) is 0 Å². The molecule has 20 heavy (non-hydrogen) atoms. The molecule has 2 aliphatic heterocycles. The molecular weight excluding hydrogens is 332 g/mol. The molecule has 0 saturated carbocycles. The van der Waals surface area contributed by atoms with Crippen molar-refractivity contribution in [3.63, 3.8) is 0 Å². The summed E-state index contributed by atoms with van der Waals surface area (Å²) in [6.07, 6.45) is 2.35. The van der Waals surface area contributed by atoms with Crippen LogP contribution in [0.3, 0.4) is 0 Å². The average molecular weight is 349 g/mol. The van der Waals surface area contributed by atoms with Crippen LogP contribution in [0.1, 0.15) is 25.7 Å². The number of carbonyl (C=O) groups is 2. The highest BCUT2D eigenvalue weighted by atomic mass is 33.1. The number of hydrogen-bond acceptors (Lipinski definition) is 6. The lowest BCUT2D eigenvalue weighted by Crippen LogP contribution is -2.37. The molecule has 2 aliphatic rings. The molecule has 0 bridgehead atoms. The number of hydrogen-bond donors (Lipinski definition) is 0. The van der Waals surface area contributed by atoms with E-state index in [9.17, 15) is 9.59 Å². The maximum atomic E-state index is 11.2. The van der Waals surface area contributed by atoms with Gasteiger partial charge in [-0.1, -0.05) is 24.4 Å². The largest absolute Gasteiger partial charge is 0.356 e. The quantitative estimate of drug-likeness (QED) is 0.488. The lowest BCUT2D eigenvalue weighted by atomic mass is 10.1. The lowest BCUT2D eigenvalue weighted by Gasteiger charge is -2.29. The average Bonchev–Trinajstić information content (AvgIpc) is 2.46. The Kier molecular flexibility index (Phi) is 6.25. The minimum atomic E-state index is 0.315. The highest BCUT2D eigenvalue weighted by Gasteiger charge is 2.22. The topological polar surface area (TPSA) is 40.6 Å². The van der Waals surface area contributed by atoms with Gasteiger partial charge < -0.3 is 9.80 Å². The van der Waals surface area contributed by atoms with Crippen LogP contribution in [0.4, 0.5) is 0 Å². The Balaban J connectivity index is 1.71. The Hall–Kier alpha value is -0.180. The van der Waals surface area contributed by atoms with Crippen LogP contribution < -0.4 is 0 Å². The minimum Gasteiger partial charge on any atom is -0.356 e. The number of carbonyl (C=O) groups excluding carboxylic acids is 2. The third-order valence-corrected chi connectivity index (χ3v) is 7.07. The Morgan fingerprint density at radius 1 is 0.750 bits per heavy atom. The van der Waals surface area contributed by atoms with Gasteiger partial charge >= 0.3 is 0 Å². The van der Waals surface area contributed by atoms with E-state index in [2.05, 4.69) is 9.80 Å². The zero-order chi connectivity index (χ0) is 14.5. The molecule has 4 nitrogen and oxygen atoms in total. The van der Waals surface area contributed by atoms with Gasteiger partial charge in [0, 0.05) is 51.9 Å². The third-order valence-electron chi connectivity index (χ3n) is 3.34. The normalized spacial score (nSPS) is 20.2. The fourth-order valence-electron chi connectivity index (χ4n) is 2.05. The SMILES string of the molecule is O=C1CCN(C(=S)SSC(=S)N2CCC(=O)CC2)CC1. The fraction of sp³-hybridized carbons (Fsp3) is 0.667. The Labute approximate surface area is 137 Å². The summed E-state index contributed by atoms with van der Waals surface area (Å²) in [7, 11) is 2.96. The van der Waals surface area contributed by atoms with Gasteiger partial charge in [-0.2, -0.15) is 0 Å². The minimum absolute atomic E-state index is 0.315. The highest BCUT2D eigenvalue weighted by Crippen LogP contribution is 2.30. The Morgan fingerprint density at radius 2 is 1.05 bits per heavy atom. The molecule has 0 amide bonds. The lowest BCUT2D eigenvalue weighted by molar-refractivity contribution is -0.121. The summed E-state index contributed by atoms with van der Waals surface area (Å²) >= 11 is 10.8. The molecule has 0 unspecified atom stereocenters. The second-order valence-corrected chi connectivity index (χ2v) is 8.15. The second kappa shape index (κ2) is 7.72. The van der Waals surface area contributed by atoms with Crippen LogP contribution in [0.2, 0.25) is 0 Å². The van der Waals surface area contributed by atoms with Gasteiger partial charge in [0.1, 0.15) is 20.2 Å². The van der Waals surface area contributed by atoms with Crippen LogP contribution in [0, 0.1) is 0 Å². The van der Waals surface area contributed by atoms with Gasteiger partial charge in [-0.25, -0.2) is 0 Å². The second-order valence-electron chi connectivity index (χ2n) is 4.75. The monoisotopic (exact) mass is 348 g/mol. The zero-order valence-corrected chi connectivity index (χ0v) is 14.3. The van der Waals surface area contributed by atoms with Gasteiger partial charge in [0.2, 0.25) is 0 Å². The molecule has 2 rings (SSSR count). The molecule has 0 aromatic carbocycles. The Bertz CT molecular complexity index is 381. The highest BCUT2D eigenvalue weighted by molar-refractivity contribution is 8.89. The van der Waals surface area contributed by atoms with E-state index in [4.69, 9.17) is 24.4 Å². The summed E-state index contributed by atoms with van der Waals surface area (Å²) in [5.41, 5.74) is 0. The molecule has 0 spiro atoms. The van der Waals surface area contributed by atoms with E-state index in [-0.39, 0.29) is 0 Å². The molecule has 8 heteroatoms. The molecule has 0 aromatic rings. The number of ketones is 2. The smallest absolute Gasteiger partial charge is 0.147 e. The molecule has 0 radical (unpaired) electrons. The van der Waals surface area contributed by atoms with Crippen molar-refractivity contribution < 1.29 is 9.59 Å². The van der Waals surface area contributed by atoms with Crippen molar-refractivity contribution in [3.8, 4) is 0 Å². The molecule has 0 aliphatic carbocycles. The van der Waals surface area contributed by atoms with Crippen LogP contribution >= 0.6 is 46.0 Å². The van der Waals surface area contributed by atoms with Crippen molar-refractivity contribution in [2.75, 3.05) is 26.2 Å². The molecule has 0 atom stereocenters. The molecule has 2 saturated heterocycles. The van der Waals surface area contributed by atoms with Crippen molar-refractivity contribution in [1.82, 2.24) is 9.80 Å². The van der Waals surface area contributed by atoms with E-state index in [1.54, 1.807) is 0 Å². The molecule has 0 N–H and O–H groups in total. The van der Waals surface area contributed by atoms with Crippen molar-refractivity contribution in [2.24, 2.45) is 0 Å². The van der Waals surface area contributed by atoms with Crippen LogP contribution in [-0.4, -0.2) is 56.2 Å². The van der Waals surface area contributed by atoms with E-state index in [0.29, 0.717) is 37.2 Å². The summed E-state index contributed by atoms with van der Waals surface area (Å²) in [5, 5.41) is 0. The molecule has 2 fully saturated rings. The van der Waals surface area contributed by atoms with Crippen LogP contribution in [0.5, 0.6) is 0 Å². The van der Waals surface area contributed by atoms with Crippen LogP contribution in [0.15, 0.2) is 0 Å². The van der Waals surface area contributed by atoms with Crippen LogP contribution in [0.25, 0.3) is 0 Å². The number of rotatable bonds is 0. The molecular formula is C12H16N2O2S4. The summed E-state index contributed by atoms with van der Waals surface area (Å²) in [6, 6.07) is 0. The summed E-state index contributed by atoms with van der Waals surface area (Å²) < 4.78 is 1.58. The first-order valence-corrected chi connectivity index (χ1v) is 9.48. The maximum Gasteiger partial charge on any atom is 0.147 e. The van der Waals surface area contributed by atoms with Crippen LogP contribution in [-0.2, 0) is 9.59 Å². The number of likely N-dealkylation sites (tertiary alicyclic amines) is 2. The van der Waals surface area contributed by atoms with Crippen molar-refractivity contribution in [2.45, 2.75) is 25.7 Å². The Morgan fingerprint density at radius 3 is 1.35 bits per heavy atom. The molecule has 110 valence electrons. The predicted molar refractivity (Wildman–Crippen MR) is 92.0 cm³/mol. The summed E-state index contributed by atoms with van der Waals surface area (Å²) in [5.74, 6) is 0.630. The number of piperidine rings is 2. The molecule has 0 aromatic heterocycles. The number of nitrogens with zero attached hydrogens (tertiary/aromatic N) is 2. The van der Waals surface area contributed by atoms with Gasteiger partial charge in [0.15, 0.2) is 0 Å². The fourth-order valence-corrected chi connectivity index (χ4v) is 4.81. The van der Waals surface area contributed by atoms with E-state index < -0.39 is 0 Å². The first-order valence-electron chi connectivity index (χ1n) is 6.52.